The highest BCUT2D eigenvalue weighted by molar-refractivity contribution is 5.68. The van der Waals surface area contributed by atoms with Gasteiger partial charge in [0.15, 0.2) is 0 Å². The van der Waals surface area contributed by atoms with Gasteiger partial charge < -0.3 is 15.0 Å². The molecule has 10 heteroatoms. The van der Waals surface area contributed by atoms with Crippen LogP contribution < -0.4 is 5.32 Å². The molecule has 1 aliphatic heterocycles. The number of hydrogen-bond donors (Lipinski definition) is 1. The molecule has 1 atom stereocenters. The molecule has 1 saturated heterocycles. The van der Waals surface area contributed by atoms with Crippen molar-refractivity contribution < 1.29 is 22.7 Å². The Hall–Kier alpha value is -3.69. The van der Waals surface area contributed by atoms with E-state index in [0.717, 1.165) is 30.5 Å². The number of ether oxygens (including phenoxy) is 1. The van der Waals surface area contributed by atoms with Crippen LogP contribution in [-0.4, -0.2) is 44.6 Å². The van der Waals surface area contributed by atoms with E-state index in [1.165, 1.54) is 12.1 Å². The van der Waals surface area contributed by atoms with Crippen LogP contribution in [0.25, 0.3) is 11.3 Å². The Kier molecular flexibility index (Phi) is 7.14. The highest BCUT2D eigenvalue weighted by Gasteiger charge is 2.31. The lowest BCUT2D eigenvalue weighted by Gasteiger charge is -2.33. The number of benzene rings is 1. The second-order valence-corrected chi connectivity index (χ2v) is 9.70. The van der Waals surface area contributed by atoms with Gasteiger partial charge in [-0.15, -0.1) is 0 Å². The maximum absolute atomic E-state index is 12.9. The molecular formula is C26H28F3N5O2. The van der Waals surface area contributed by atoms with Gasteiger partial charge in [0.05, 0.1) is 11.3 Å². The molecule has 1 aromatic carbocycles. The van der Waals surface area contributed by atoms with E-state index in [1.807, 2.05) is 32.9 Å². The summed E-state index contributed by atoms with van der Waals surface area (Å²) >= 11 is 0. The lowest BCUT2D eigenvalue weighted by Crippen LogP contribution is -2.42. The van der Waals surface area contributed by atoms with E-state index in [1.54, 1.807) is 23.4 Å². The first-order chi connectivity index (χ1) is 17.0. The first-order valence-corrected chi connectivity index (χ1v) is 11.7. The molecule has 36 heavy (non-hydrogen) atoms. The zero-order valence-electron chi connectivity index (χ0n) is 20.3. The van der Waals surface area contributed by atoms with Crippen molar-refractivity contribution in [2.75, 3.05) is 18.4 Å². The molecule has 0 spiro atoms. The number of rotatable bonds is 4. The Morgan fingerprint density at radius 3 is 2.39 bits per heavy atom. The van der Waals surface area contributed by atoms with Crippen molar-refractivity contribution in [3.8, 4) is 11.3 Å². The van der Waals surface area contributed by atoms with E-state index in [0.29, 0.717) is 36.1 Å². The third-order valence-corrected chi connectivity index (χ3v) is 5.64. The number of anilines is 2. The fourth-order valence-electron chi connectivity index (χ4n) is 3.95. The monoisotopic (exact) mass is 499 g/mol. The molecule has 190 valence electrons. The quantitative estimate of drug-likeness (QED) is 0.447. The maximum atomic E-state index is 12.9. The second kappa shape index (κ2) is 10.1. The number of pyridine rings is 1. The standard InChI is InChI=1S/C26H28F3N5O2/c1-25(2,3)36-24(35)34-14-4-5-18(16-34)23-32-21(17-10-12-30-13-11-17)15-22(33-23)31-20-8-6-19(7-9-20)26(27,28)29/h6-13,15,18H,4-5,14,16H2,1-3H3,(H,31,32,33)/t18-/m0/s1. The molecule has 7 nitrogen and oxygen atoms in total. The predicted octanol–water partition coefficient (Wildman–Crippen LogP) is 6.42. The largest absolute Gasteiger partial charge is 0.444 e. The third-order valence-electron chi connectivity index (χ3n) is 5.64. The Labute approximate surface area is 207 Å². The van der Waals surface area contributed by atoms with Crippen molar-refractivity contribution in [2.24, 2.45) is 0 Å². The van der Waals surface area contributed by atoms with Gasteiger partial charge in [0.2, 0.25) is 0 Å². The molecule has 3 heterocycles. The number of piperidine rings is 1. The number of nitrogens with one attached hydrogen (secondary N) is 1. The second-order valence-electron chi connectivity index (χ2n) is 9.70. The summed E-state index contributed by atoms with van der Waals surface area (Å²) in [6.07, 6.45) is 0.0970. The molecule has 4 rings (SSSR count). The molecule has 3 aromatic rings. The van der Waals surface area contributed by atoms with Gasteiger partial charge in [0.25, 0.3) is 0 Å². The fraction of sp³-hybridized carbons (Fsp3) is 0.385. The Bertz CT molecular complexity index is 1190. The molecule has 0 radical (unpaired) electrons. The predicted molar refractivity (Wildman–Crippen MR) is 130 cm³/mol. The number of carbonyl (C=O) groups is 1. The summed E-state index contributed by atoms with van der Waals surface area (Å²) < 4.78 is 44.4. The molecule has 0 saturated carbocycles. The number of alkyl halides is 3. The number of nitrogens with zero attached hydrogens (tertiary/aromatic N) is 4. The summed E-state index contributed by atoms with van der Waals surface area (Å²) in [6.45, 7) is 6.48. The van der Waals surface area contributed by atoms with Gasteiger partial charge in [0, 0.05) is 48.7 Å². The van der Waals surface area contributed by atoms with Crippen LogP contribution in [0.5, 0.6) is 0 Å². The number of hydrogen-bond acceptors (Lipinski definition) is 6. The zero-order valence-corrected chi connectivity index (χ0v) is 20.3. The van der Waals surface area contributed by atoms with E-state index < -0.39 is 17.3 Å². The first kappa shape index (κ1) is 25.4. The van der Waals surface area contributed by atoms with Gasteiger partial charge >= 0.3 is 12.3 Å². The smallest absolute Gasteiger partial charge is 0.416 e. The minimum absolute atomic E-state index is 0.124. The number of likely N-dealkylation sites (tertiary alicyclic amines) is 1. The lowest BCUT2D eigenvalue weighted by molar-refractivity contribution is -0.137. The molecule has 0 bridgehead atoms. The third kappa shape index (κ3) is 6.50. The van der Waals surface area contributed by atoms with E-state index in [-0.39, 0.29) is 12.0 Å². The van der Waals surface area contributed by atoms with E-state index in [9.17, 15) is 18.0 Å². The van der Waals surface area contributed by atoms with Crippen LogP contribution in [0.4, 0.5) is 29.5 Å². The zero-order chi connectivity index (χ0) is 25.9. The topological polar surface area (TPSA) is 80.2 Å². The summed E-state index contributed by atoms with van der Waals surface area (Å²) in [4.78, 5) is 27.8. The van der Waals surface area contributed by atoms with Crippen molar-refractivity contribution in [3.05, 3.63) is 66.2 Å². The van der Waals surface area contributed by atoms with E-state index in [4.69, 9.17) is 9.72 Å². The van der Waals surface area contributed by atoms with E-state index in [2.05, 4.69) is 15.3 Å². The summed E-state index contributed by atoms with van der Waals surface area (Å²) in [5.41, 5.74) is 0.612. The molecule has 1 aliphatic rings. The van der Waals surface area contributed by atoms with Gasteiger partial charge in [-0.1, -0.05) is 0 Å². The summed E-state index contributed by atoms with van der Waals surface area (Å²) in [6, 6.07) is 10.2. The number of aromatic nitrogens is 3. The van der Waals surface area contributed by atoms with E-state index >= 15 is 0 Å². The van der Waals surface area contributed by atoms with Crippen LogP contribution >= 0.6 is 0 Å². The van der Waals surface area contributed by atoms with Crippen molar-refractivity contribution >= 4 is 17.6 Å². The number of amides is 1. The van der Waals surface area contributed by atoms with Gasteiger partial charge in [0.1, 0.15) is 17.2 Å². The molecule has 0 aliphatic carbocycles. The average molecular weight is 500 g/mol. The molecule has 1 amide bonds. The highest BCUT2D eigenvalue weighted by Crippen LogP contribution is 2.32. The minimum Gasteiger partial charge on any atom is -0.444 e. The maximum Gasteiger partial charge on any atom is 0.416 e. The highest BCUT2D eigenvalue weighted by atomic mass is 19.4. The Morgan fingerprint density at radius 1 is 1.06 bits per heavy atom. The molecule has 0 unspecified atom stereocenters. The number of carbonyl (C=O) groups excluding carboxylic acids is 1. The van der Waals surface area contributed by atoms with Gasteiger partial charge in [-0.2, -0.15) is 13.2 Å². The Balaban J connectivity index is 1.62. The lowest BCUT2D eigenvalue weighted by atomic mass is 9.97. The van der Waals surface area contributed by atoms with Gasteiger partial charge in [-0.05, 0) is 70.0 Å². The van der Waals surface area contributed by atoms with Gasteiger partial charge in [-0.3, -0.25) is 4.98 Å². The van der Waals surface area contributed by atoms with Crippen LogP contribution in [0.15, 0.2) is 54.9 Å². The molecule has 2 aromatic heterocycles. The molecule has 1 fully saturated rings. The van der Waals surface area contributed by atoms with Crippen LogP contribution in [0, 0.1) is 0 Å². The van der Waals surface area contributed by atoms with Crippen LogP contribution in [0.2, 0.25) is 0 Å². The Morgan fingerprint density at radius 2 is 1.75 bits per heavy atom. The number of halogens is 3. The van der Waals surface area contributed by atoms with Crippen molar-refractivity contribution in [2.45, 2.75) is 51.3 Å². The van der Waals surface area contributed by atoms with Crippen molar-refractivity contribution in [1.82, 2.24) is 19.9 Å². The first-order valence-electron chi connectivity index (χ1n) is 11.7. The summed E-state index contributed by atoms with van der Waals surface area (Å²) in [5.74, 6) is 0.870. The summed E-state index contributed by atoms with van der Waals surface area (Å²) in [7, 11) is 0. The van der Waals surface area contributed by atoms with Crippen LogP contribution in [0.1, 0.15) is 50.9 Å². The average Bonchev–Trinajstić information content (AvgIpc) is 2.83. The van der Waals surface area contributed by atoms with Crippen molar-refractivity contribution in [3.63, 3.8) is 0 Å². The molecule has 1 N–H and O–H groups in total. The normalized spacial score (nSPS) is 16.5. The van der Waals surface area contributed by atoms with Crippen molar-refractivity contribution in [1.29, 1.82) is 0 Å². The SMILES string of the molecule is CC(C)(C)OC(=O)N1CCC[C@H](c2nc(Nc3ccc(C(F)(F)F)cc3)cc(-c3ccncc3)n2)C1. The summed E-state index contributed by atoms with van der Waals surface area (Å²) in [5, 5.41) is 3.10. The molecular weight excluding hydrogens is 471 g/mol. The van der Waals surface area contributed by atoms with Crippen LogP contribution in [0.3, 0.4) is 0 Å². The van der Waals surface area contributed by atoms with Gasteiger partial charge in [-0.25, -0.2) is 14.8 Å². The fourth-order valence-corrected chi connectivity index (χ4v) is 3.95. The minimum atomic E-state index is -4.41. The van der Waals surface area contributed by atoms with Crippen LogP contribution in [-0.2, 0) is 10.9 Å².